The van der Waals surface area contributed by atoms with E-state index in [-0.39, 0.29) is 28.9 Å². The first-order valence-corrected chi connectivity index (χ1v) is 9.83. The van der Waals surface area contributed by atoms with Crippen LogP contribution in [0.3, 0.4) is 0 Å². The summed E-state index contributed by atoms with van der Waals surface area (Å²) in [4.78, 5) is 11.9. The van der Waals surface area contributed by atoms with Crippen LogP contribution in [0.4, 0.5) is 0 Å². The zero-order chi connectivity index (χ0) is 18.3. The van der Waals surface area contributed by atoms with Gasteiger partial charge in [0.05, 0.1) is 5.75 Å². The number of aryl methyl sites for hydroxylation is 1. The Hall–Kier alpha value is -2.12. The summed E-state index contributed by atoms with van der Waals surface area (Å²) in [5.74, 6) is -0.296. The molecule has 0 aliphatic carbocycles. The highest BCUT2D eigenvalue weighted by Gasteiger charge is 2.18. The minimum Gasteiger partial charge on any atom is -0.455 e. The summed E-state index contributed by atoms with van der Waals surface area (Å²) in [6, 6.07) is 10.4. The number of amides is 1. The Bertz CT molecular complexity index is 793. The number of benzene rings is 1. The van der Waals surface area contributed by atoms with Crippen LogP contribution in [0.2, 0.25) is 0 Å². The molecule has 0 saturated carbocycles. The van der Waals surface area contributed by atoms with Crippen LogP contribution < -0.4 is 5.32 Å². The van der Waals surface area contributed by atoms with Crippen LogP contribution in [0.15, 0.2) is 40.8 Å². The Morgan fingerprint density at radius 3 is 2.52 bits per heavy atom. The maximum atomic E-state index is 12.3. The van der Waals surface area contributed by atoms with E-state index < -0.39 is 9.84 Å². The summed E-state index contributed by atoms with van der Waals surface area (Å²) in [6.07, 6.45) is 0.695. The lowest BCUT2D eigenvalue weighted by atomic mass is 10.2. The fourth-order valence-corrected chi connectivity index (χ4v) is 3.68. The van der Waals surface area contributed by atoms with Gasteiger partial charge in [0.15, 0.2) is 15.6 Å². The molecule has 1 aromatic heterocycles. The standard InChI is InChI=1S/C18H23NO5S/c1-14-4-6-15(7-5-14)12-25(21,22)13-16-8-9-17(24-16)18(20)19-10-3-11-23-2/h4-9H,3,10-13H2,1-2H3,(H,19,20). The van der Waals surface area contributed by atoms with Crippen LogP contribution in [0, 0.1) is 6.92 Å². The van der Waals surface area contributed by atoms with Crippen LogP contribution in [-0.2, 0) is 26.1 Å². The number of nitrogens with one attached hydrogen (secondary N) is 1. The van der Waals surface area contributed by atoms with Crippen LogP contribution in [0.1, 0.15) is 33.9 Å². The number of carbonyl (C=O) groups excluding carboxylic acids is 1. The van der Waals surface area contributed by atoms with E-state index in [0.29, 0.717) is 19.6 Å². The lowest BCUT2D eigenvalue weighted by Crippen LogP contribution is -2.24. The Labute approximate surface area is 148 Å². The molecule has 1 heterocycles. The molecule has 0 radical (unpaired) electrons. The van der Waals surface area contributed by atoms with Gasteiger partial charge < -0.3 is 14.5 Å². The first kappa shape index (κ1) is 19.2. The van der Waals surface area contributed by atoms with Crippen molar-refractivity contribution < 1.29 is 22.4 Å². The fourth-order valence-electron chi connectivity index (χ4n) is 2.29. The van der Waals surface area contributed by atoms with E-state index in [9.17, 15) is 13.2 Å². The molecule has 0 atom stereocenters. The molecule has 0 unspecified atom stereocenters. The van der Waals surface area contributed by atoms with Gasteiger partial charge in [-0.15, -0.1) is 0 Å². The number of carbonyl (C=O) groups is 1. The third-order valence-corrected chi connectivity index (χ3v) is 5.06. The summed E-state index contributed by atoms with van der Waals surface area (Å²) in [7, 11) is -1.78. The molecule has 7 heteroatoms. The van der Waals surface area contributed by atoms with Gasteiger partial charge in [0.25, 0.3) is 5.91 Å². The zero-order valence-electron chi connectivity index (χ0n) is 14.4. The molecule has 2 aromatic rings. The van der Waals surface area contributed by atoms with Crippen molar-refractivity contribution in [2.45, 2.75) is 24.9 Å². The smallest absolute Gasteiger partial charge is 0.286 e. The third-order valence-electron chi connectivity index (χ3n) is 3.57. The molecule has 0 saturated heterocycles. The van der Waals surface area contributed by atoms with Crippen molar-refractivity contribution >= 4 is 15.7 Å². The molecule has 1 N–H and O–H groups in total. The van der Waals surface area contributed by atoms with Gasteiger partial charge >= 0.3 is 0 Å². The van der Waals surface area contributed by atoms with E-state index in [1.165, 1.54) is 12.1 Å². The fraction of sp³-hybridized carbons (Fsp3) is 0.389. The zero-order valence-corrected chi connectivity index (χ0v) is 15.3. The normalized spacial score (nSPS) is 11.4. The lowest BCUT2D eigenvalue weighted by molar-refractivity contribution is 0.0919. The molecule has 0 spiro atoms. The van der Waals surface area contributed by atoms with Gasteiger partial charge in [0, 0.05) is 20.3 Å². The molecule has 1 amide bonds. The van der Waals surface area contributed by atoms with Crippen LogP contribution in [-0.4, -0.2) is 34.6 Å². The second-order valence-corrected chi connectivity index (χ2v) is 7.95. The molecular weight excluding hydrogens is 342 g/mol. The molecule has 1 aromatic carbocycles. The van der Waals surface area contributed by atoms with Crippen molar-refractivity contribution in [1.82, 2.24) is 5.32 Å². The molecule has 136 valence electrons. The molecule has 0 aliphatic heterocycles. The highest BCUT2D eigenvalue weighted by molar-refractivity contribution is 7.89. The van der Waals surface area contributed by atoms with Crippen LogP contribution in [0.25, 0.3) is 0 Å². The van der Waals surface area contributed by atoms with Crippen molar-refractivity contribution in [2.24, 2.45) is 0 Å². The first-order valence-electron chi connectivity index (χ1n) is 8.01. The van der Waals surface area contributed by atoms with Crippen LogP contribution in [0.5, 0.6) is 0 Å². The highest BCUT2D eigenvalue weighted by atomic mass is 32.2. The highest BCUT2D eigenvalue weighted by Crippen LogP contribution is 2.16. The predicted molar refractivity (Wildman–Crippen MR) is 95.0 cm³/mol. The molecule has 0 fully saturated rings. The van der Waals surface area contributed by atoms with Gasteiger partial charge in [-0.3, -0.25) is 4.79 Å². The van der Waals surface area contributed by atoms with Crippen molar-refractivity contribution in [3.8, 4) is 0 Å². The minimum atomic E-state index is -3.38. The van der Waals surface area contributed by atoms with Crippen molar-refractivity contribution in [1.29, 1.82) is 0 Å². The third kappa shape index (κ3) is 6.36. The maximum Gasteiger partial charge on any atom is 0.286 e. The predicted octanol–water partition coefficient (Wildman–Crippen LogP) is 2.47. The van der Waals surface area contributed by atoms with Crippen molar-refractivity contribution in [3.05, 3.63) is 59.0 Å². The molecule has 6 nitrogen and oxygen atoms in total. The van der Waals surface area contributed by atoms with Crippen LogP contribution >= 0.6 is 0 Å². The number of sulfone groups is 1. The Balaban J connectivity index is 1.92. The summed E-state index contributed by atoms with van der Waals surface area (Å²) in [5.41, 5.74) is 1.81. The topological polar surface area (TPSA) is 85.6 Å². The molecular formula is C18H23NO5S. The monoisotopic (exact) mass is 365 g/mol. The Morgan fingerprint density at radius 2 is 1.84 bits per heavy atom. The number of methoxy groups -OCH3 is 1. The van der Waals surface area contributed by atoms with Gasteiger partial charge in [0.1, 0.15) is 11.5 Å². The summed E-state index contributed by atoms with van der Waals surface area (Å²) >= 11 is 0. The second-order valence-electron chi connectivity index (χ2n) is 5.89. The van der Waals surface area contributed by atoms with Crippen molar-refractivity contribution in [2.75, 3.05) is 20.3 Å². The largest absolute Gasteiger partial charge is 0.455 e. The Morgan fingerprint density at radius 1 is 1.12 bits per heavy atom. The molecule has 0 aliphatic rings. The number of ether oxygens (including phenoxy) is 1. The van der Waals surface area contributed by atoms with Gasteiger partial charge in [-0.1, -0.05) is 29.8 Å². The average molecular weight is 365 g/mol. The summed E-state index contributed by atoms with van der Waals surface area (Å²) in [6.45, 7) is 2.97. The van der Waals surface area contributed by atoms with Gasteiger partial charge in [0.2, 0.25) is 0 Å². The summed E-state index contributed by atoms with van der Waals surface area (Å²) in [5, 5.41) is 2.69. The first-order chi connectivity index (χ1) is 11.9. The van der Waals surface area contributed by atoms with E-state index >= 15 is 0 Å². The number of hydrogen-bond acceptors (Lipinski definition) is 5. The van der Waals surface area contributed by atoms with E-state index in [2.05, 4.69) is 5.32 Å². The summed E-state index contributed by atoms with van der Waals surface area (Å²) < 4.78 is 34.9. The lowest BCUT2D eigenvalue weighted by Gasteiger charge is -2.04. The van der Waals surface area contributed by atoms with Crippen molar-refractivity contribution in [3.63, 3.8) is 0 Å². The van der Waals surface area contributed by atoms with Gasteiger partial charge in [-0.2, -0.15) is 0 Å². The number of hydrogen-bond donors (Lipinski definition) is 1. The quantitative estimate of drug-likeness (QED) is 0.690. The van der Waals surface area contributed by atoms with E-state index in [1.54, 1.807) is 19.2 Å². The number of furan rings is 1. The Kier molecular flexibility index (Phi) is 6.78. The van der Waals surface area contributed by atoms with E-state index in [4.69, 9.17) is 9.15 Å². The van der Waals surface area contributed by atoms with Gasteiger partial charge in [-0.05, 0) is 31.0 Å². The maximum absolute atomic E-state index is 12.3. The SMILES string of the molecule is COCCCNC(=O)c1ccc(CS(=O)(=O)Cc2ccc(C)cc2)o1. The molecule has 0 bridgehead atoms. The van der Waals surface area contributed by atoms with Gasteiger partial charge in [-0.25, -0.2) is 8.42 Å². The number of rotatable bonds is 9. The average Bonchev–Trinajstić information content (AvgIpc) is 3.01. The molecule has 25 heavy (non-hydrogen) atoms. The second kappa shape index (κ2) is 8.82. The van der Waals surface area contributed by atoms with E-state index in [1.807, 2.05) is 19.1 Å². The minimum absolute atomic E-state index is 0.0630. The molecule has 2 rings (SSSR count). The van der Waals surface area contributed by atoms with E-state index in [0.717, 1.165) is 11.1 Å².